The quantitative estimate of drug-likeness (QED) is 0.761. The lowest BCUT2D eigenvalue weighted by molar-refractivity contribution is 0.531. The molecule has 19 heavy (non-hydrogen) atoms. The monoisotopic (exact) mass is 253 g/mol. The molecule has 0 unspecified atom stereocenters. The van der Waals surface area contributed by atoms with Crippen molar-refractivity contribution in [3.8, 4) is 0 Å². The van der Waals surface area contributed by atoms with Crippen LogP contribution in [0.2, 0.25) is 0 Å². The third-order valence-electron chi connectivity index (χ3n) is 4.47. The number of nitrogens with zero attached hydrogens (tertiary/aromatic N) is 2. The average Bonchev–Trinajstić information content (AvgIpc) is 2.86. The molecule has 2 heteroatoms. The lowest BCUT2D eigenvalue weighted by Gasteiger charge is -2.29. The minimum atomic E-state index is -0.0621. The number of fused-ring (bicyclic) bond motifs is 1. The maximum absolute atomic E-state index is 4.55. The highest BCUT2D eigenvalue weighted by Gasteiger charge is 2.37. The van der Waals surface area contributed by atoms with E-state index >= 15 is 0 Å². The predicted octanol–water partition coefficient (Wildman–Crippen LogP) is 4.01. The average molecular weight is 253 g/mol. The van der Waals surface area contributed by atoms with Gasteiger partial charge >= 0.3 is 0 Å². The highest BCUT2D eigenvalue weighted by atomic mass is 15.3. The van der Waals surface area contributed by atoms with Crippen LogP contribution in [-0.4, -0.2) is 5.71 Å². The zero-order valence-corrected chi connectivity index (χ0v) is 12.0. The highest BCUT2D eigenvalue weighted by molar-refractivity contribution is 6.03. The van der Waals surface area contributed by atoms with Gasteiger partial charge in [-0.15, -0.1) is 0 Å². The van der Waals surface area contributed by atoms with Crippen molar-refractivity contribution < 1.29 is 0 Å². The molecule has 2 aliphatic rings. The van der Waals surface area contributed by atoms with E-state index in [1.807, 2.05) is 0 Å². The summed E-state index contributed by atoms with van der Waals surface area (Å²) >= 11 is 0. The molecule has 2 nitrogen and oxygen atoms in total. The Bertz CT molecular complexity index is 538. The topological polar surface area (TPSA) is 26.5 Å². The summed E-state index contributed by atoms with van der Waals surface area (Å²) in [5.74, 6) is 0.594. The van der Waals surface area contributed by atoms with Crippen LogP contribution in [0, 0.1) is 5.92 Å². The Kier molecular flexibility index (Phi) is 2.96. The molecule has 1 aromatic rings. The summed E-state index contributed by atoms with van der Waals surface area (Å²) < 4.78 is 0. The van der Waals surface area contributed by atoms with Crippen molar-refractivity contribution in [2.45, 2.75) is 45.4 Å². The second-order valence-corrected chi connectivity index (χ2v) is 6.19. The van der Waals surface area contributed by atoms with Gasteiger partial charge in [-0.25, -0.2) is 0 Å². The van der Waals surface area contributed by atoms with Crippen LogP contribution in [-0.2, 0) is 5.41 Å². The molecule has 3 rings (SSSR count). The van der Waals surface area contributed by atoms with Crippen LogP contribution in [0.5, 0.6) is 0 Å². The molecular formula is C17H21N2. The number of allylic oxidation sites excluding steroid dienone is 2. The summed E-state index contributed by atoms with van der Waals surface area (Å²) in [4.78, 5) is 0. The first-order valence-electron chi connectivity index (χ1n) is 7.19. The van der Waals surface area contributed by atoms with E-state index in [1.165, 1.54) is 35.4 Å². The van der Waals surface area contributed by atoms with Gasteiger partial charge < -0.3 is 0 Å². The van der Waals surface area contributed by atoms with E-state index in [2.05, 4.69) is 61.6 Å². The maximum Gasteiger partial charge on any atom is 0.0784 e. The highest BCUT2D eigenvalue weighted by Crippen LogP contribution is 2.40. The summed E-state index contributed by atoms with van der Waals surface area (Å²) in [7, 11) is 0. The van der Waals surface area contributed by atoms with Gasteiger partial charge in [0.15, 0.2) is 0 Å². The molecule has 99 valence electrons. The van der Waals surface area contributed by atoms with Crippen LogP contribution in [0.1, 0.15) is 45.6 Å². The Morgan fingerprint density at radius 1 is 1.16 bits per heavy atom. The van der Waals surface area contributed by atoms with E-state index in [0.717, 1.165) is 6.42 Å². The smallest absolute Gasteiger partial charge is 0.0784 e. The summed E-state index contributed by atoms with van der Waals surface area (Å²) in [6, 6.07) is 10.6. The Morgan fingerprint density at radius 3 is 2.63 bits per heavy atom. The molecule has 1 aliphatic carbocycles. The second-order valence-electron chi connectivity index (χ2n) is 6.19. The van der Waals surface area contributed by atoms with Gasteiger partial charge in [-0.2, -0.15) is 10.5 Å². The van der Waals surface area contributed by atoms with Crippen molar-refractivity contribution in [2.24, 2.45) is 11.0 Å². The van der Waals surface area contributed by atoms with E-state index in [9.17, 15) is 0 Å². The molecule has 0 N–H and O–H groups in total. The van der Waals surface area contributed by atoms with Crippen LogP contribution in [0.25, 0.3) is 0 Å². The van der Waals surface area contributed by atoms with E-state index in [1.54, 1.807) is 0 Å². The van der Waals surface area contributed by atoms with Crippen LogP contribution < -0.4 is 5.43 Å². The first-order valence-corrected chi connectivity index (χ1v) is 7.19. The fourth-order valence-corrected chi connectivity index (χ4v) is 3.23. The van der Waals surface area contributed by atoms with Gasteiger partial charge in [0.05, 0.1) is 11.4 Å². The summed E-state index contributed by atoms with van der Waals surface area (Å²) in [5.41, 5.74) is 9.63. The van der Waals surface area contributed by atoms with Gasteiger partial charge in [0.1, 0.15) is 0 Å². The second kappa shape index (κ2) is 4.52. The lowest BCUT2D eigenvalue weighted by Crippen LogP contribution is -2.27. The molecule has 0 aromatic heterocycles. The van der Waals surface area contributed by atoms with E-state index in [0.29, 0.717) is 5.92 Å². The molecule has 1 aliphatic heterocycles. The van der Waals surface area contributed by atoms with Gasteiger partial charge in [0, 0.05) is 11.0 Å². The first kappa shape index (κ1) is 12.5. The Balaban J connectivity index is 2.05. The van der Waals surface area contributed by atoms with Gasteiger partial charge in [0.2, 0.25) is 0 Å². The van der Waals surface area contributed by atoms with Crippen molar-refractivity contribution in [2.75, 3.05) is 0 Å². The summed E-state index contributed by atoms with van der Waals surface area (Å²) in [6.45, 7) is 6.83. The minimum absolute atomic E-state index is 0.0621. The molecule has 0 bridgehead atoms. The molecule has 1 heterocycles. The minimum Gasteiger partial charge on any atom is -0.155 e. The zero-order chi connectivity index (χ0) is 13.5. The molecule has 1 aromatic carbocycles. The van der Waals surface area contributed by atoms with Crippen LogP contribution in [0.4, 0.5) is 0 Å². The SMILES string of the molecule is C[C@@H]1CCCC2=N[N]C(C(C)(C)c3ccccc3)=C21. The largest absolute Gasteiger partial charge is 0.155 e. The van der Waals surface area contributed by atoms with Crippen LogP contribution in [0.15, 0.2) is 46.7 Å². The zero-order valence-electron chi connectivity index (χ0n) is 12.0. The van der Waals surface area contributed by atoms with Crippen molar-refractivity contribution in [3.63, 3.8) is 0 Å². The number of benzene rings is 1. The Hall–Kier alpha value is -1.57. The van der Waals surface area contributed by atoms with Crippen molar-refractivity contribution >= 4 is 5.71 Å². The van der Waals surface area contributed by atoms with E-state index in [-0.39, 0.29) is 5.41 Å². The van der Waals surface area contributed by atoms with Gasteiger partial charge in [-0.05, 0) is 30.7 Å². The van der Waals surface area contributed by atoms with Crippen LogP contribution in [0.3, 0.4) is 0 Å². The van der Waals surface area contributed by atoms with E-state index in [4.69, 9.17) is 0 Å². The van der Waals surface area contributed by atoms with Gasteiger partial charge in [-0.3, -0.25) is 0 Å². The molecule has 0 saturated heterocycles. The third-order valence-corrected chi connectivity index (χ3v) is 4.47. The fraction of sp³-hybridized carbons (Fsp3) is 0.471. The van der Waals surface area contributed by atoms with Crippen molar-refractivity contribution in [3.05, 3.63) is 47.2 Å². The number of hydrogen-bond donors (Lipinski definition) is 0. The Morgan fingerprint density at radius 2 is 1.89 bits per heavy atom. The van der Waals surface area contributed by atoms with Crippen LogP contribution >= 0.6 is 0 Å². The standard InChI is InChI=1S/C17H21N2/c1-12-8-7-11-14-15(12)16(19-18-14)17(2,3)13-9-5-4-6-10-13/h4-6,9-10,12H,7-8,11H2,1-3H3/t12-/m1/s1. The Labute approximate surface area is 115 Å². The molecule has 1 radical (unpaired) electrons. The van der Waals surface area contributed by atoms with Crippen molar-refractivity contribution in [1.29, 1.82) is 0 Å². The molecule has 0 spiro atoms. The number of hydrogen-bond acceptors (Lipinski definition) is 1. The first-order chi connectivity index (χ1) is 9.10. The molecule has 1 saturated carbocycles. The van der Waals surface area contributed by atoms with Crippen molar-refractivity contribution in [1.82, 2.24) is 5.43 Å². The molecule has 0 amide bonds. The number of rotatable bonds is 2. The molecule has 1 fully saturated rings. The lowest BCUT2D eigenvalue weighted by atomic mass is 9.74. The van der Waals surface area contributed by atoms with Gasteiger partial charge in [-0.1, -0.05) is 51.1 Å². The fourth-order valence-electron chi connectivity index (χ4n) is 3.23. The summed E-state index contributed by atoms with van der Waals surface area (Å²) in [6.07, 6.45) is 3.61. The summed E-state index contributed by atoms with van der Waals surface area (Å²) in [5, 5.41) is 4.45. The molecular weight excluding hydrogens is 232 g/mol. The third kappa shape index (κ3) is 1.99. The maximum atomic E-state index is 4.55. The normalized spacial score (nSPS) is 22.9. The predicted molar refractivity (Wildman–Crippen MR) is 79.1 cm³/mol. The van der Waals surface area contributed by atoms with Gasteiger partial charge in [0.25, 0.3) is 0 Å². The molecule has 1 atom stereocenters. The van der Waals surface area contributed by atoms with E-state index < -0.39 is 0 Å².